The Labute approximate surface area is 180 Å². The number of rotatable bonds is 4. The highest BCUT2D eigenvalue weighted by Gasteiger charge is 2.29. The second kappa shape index (κ2) is 7.62. The molecule has 0 amide bonds. The number of aryl methyl sites for hydroxylation is 1. The van der Waals surface area contributed by atoms with Gasteiger partial charge in [-0.05, 0) is 43.9 Å². The highest BCUT2D eigenvalue weighted by molar-refractivity contribution is 7.89. The van der Waals surface area contributed by atoms with Crippen LogP contribution in [-0.4, -0.2) is 36.0 Å². The van der Waals surface area contributed by atoms with Crippen molar-refractivity contribution in [3.63, 3.8) is 0 Å². The molecule has 0 N–H and O–H groups in total. The van der Waals surface area contributed by atoms with Gasteiger partial charge in [-0.15, -0.1) is 0 Å². The highest BCUT2D eigenvalue weighted by Crippen LogP contribution is 2.35. The van der Waals surface area contributed by atoms with Crippen LogP contribution in [0, 0.1) is 12.8 Å². The standard InChI is InChI=1S/C23H23N3O4S/c1-15-10-12-26(13-11-15)31(27,28)18-8-9-20-19(14-18)16(2)21(29-20)23-24-22(25-30-23)17-6-4-3-5-7-17/h3-9,14-15H,10-13H2,1-2H3. The van der Waals surface area contributed by atoms with Crippen molar-refractivity contribution in [3.05, 3.63) is 54.1 Å². The van der Waals surface area contributed by atoms with Gasteiger partial charge in [0.15, 0.2) is 5.76 Å². The number of hydrogen-bond donors (Lipinski definition) is 0. The minimum Gasteiger partial charge on any atom is -0.451 e. The maximum Gasteiger partial charge on any atom is 0.294 e. The third kappa shape index (κ3) is 3.55. The van der Waals surface area contributed by atoms with Crippen LogP contribution in [0.5, 0.6) is 0 Å². The van der Waals surface area contributed by atoms with Gasteiger partial charge in [-0.3, -0.25) is 0 Å². The maximum absolute atomic E-state index is 13.1. The van der Waals surface area contributed by atoms with E-state index < -0.39 is 10.0 Å². The molecule has 0 aliphatic carbocycles. The van der Waals surface area contributed by atoms with E-state index in [1.165, 1.54) is 0 Å². The molecule has 0 atom stereocenters. The molecule has 1 aliphatic heterocycles. The number of sulfonamides is 1. The summed E-state index contributed by atoms with van der Waals surface area (Å²) >= 11 is 0. The summed E-state index contributed by atoms with van der Waals surface area (Å²) in [6.07, 6.45) is 1.77. The van der Waals surface area contributed by atoms with E-state index in [0.717, 1.165) is 29.4 Å². The largest absolute Gasteiger partial charge is 0.451 e. The number of hydrogen-bond acceptors (Lipinski definition) is 6. The van der Waals surface area contributed by atoms with Crippen molar-refractivity contribution in [3.8, 4) is 23.0 Å². The minimum atomic E-state index is -3.54. The lowest BCUT2D eigenvalue weighted by molar-refractivity contribution is 0.288. The van der Waals surface area contributed by atoms with Gasteiger partial charge in [0.2, 0.25) is 15.8 Å². The predicted molar refractivity (Wildman–Crippen MR) is 117 cm³/mol. The molecule has 0 unspecified atom stereocenters. The smallest absolute Gasteiger partial charge is 0.294 e. The van der Waals surface area contributed by atoms with Crippen LogP contribution in [0.1, 0.15) is 25.3 Å². The van der Waals surface area contributed by atoms with E-state index in [1.54, 1.807) is 22.5 Å². The SMILES string of the molecule is Cc1c(-c2nc(-c3ccccc3)no2)oc2ccc(S(=O)(=O)N3CCC(C)CC3)cc12. The van der Waals surface area contributed by atoms with Gasteiger partial charge in [-0.2, -0.15) is 9.29 Å². The van der Waals surface area contributed by atoms with Crippen LogP contribution >= 0.6 is 0 Å². The quantitative estimate of drug-likeness (QED) is 0.452. The van der Waals surface area contributed by atoms with Crippen LogP contribution in [-0.2, 0) is 10.0 Å². The van der Waals surface area contributed by atoms with E-state index in [4.69, 9.17) is 8.94 Å². The van der Waals surface area contributed by atoms with Crippen LogP contribution < -0.4 is 0 Å². The monoisotopic (exact) mass is 437 g/mol. The predicted octanol–water partition coefficient (Wildman–Crippen LogP) is 4.88. The molecule has 1 saturated heterocycles. The number of fused-ring (bicyclic) bond motifs is 1. The molecule has 4 aromatic rings. The Morgan fingerprint density at radius 3 is 2.55 bits per heavy atom. The number of furan rings is 1. The molecule has 31 heavy (non-hydrogen) atoms. The maximum atomic E-state index is 13.1. The Hall–Kier alpha value is -2.97. The molecule has 1 fully saturated rings. The van der Waals surface area contributed by atoms with Crippen molar-refractivity contribution in [1.29, 1.82) is 0 Å². The van der Waals surface area contributed by atoms with Gasteiger partial charge < -0.3 is 8.94 Å². The zero-order valence-electron chi connectivity index (χ0n) is 17.4. The normalized spacial score (nSPS) is 16.2. The summed E-state index contributed by atoms with van der Waals surface area (Å²) < 4.78 is 39.3. The molecular formula is C23H23N3O4S. The summed E-state index contributed by atoms with van der Waals surface area (Å²) in [6, 6.07) is 14.5. The fraction of sp³-hybridized carbons (Fsp3) is 0.304. The third-order valence-corrected chi connectivity index (χ3v) is 7.83. The molecule has 8 heteroatoms. The molecule has 0 spiro atoms. The molecule has 1 aliphatic rings. The molecule has 5 rings (SSSR count). The molecule has 0 saturated carbocycles. The number of piperidine rings is 1. The lowest BCUT2D eigenvalue weighted by Crippen LogP contribution is -2.37. The van der Waals surface area contributed by atoms with Crippen molar-refractivity contribution in [2.45, 2.75) is 31.6 Å². The highest BCUT2D eigenvalue weighted by atomic mass is 32.2. The van der Waals surface area contributed by atoms with Crippen LogP contribution in [0.2, 0.25) is 0 Å². The van der Waals surface area contributed by atoms with Crippen LogP contribution in [0.15, 0.2) is 62.4 Å². The first-order chi connectivity index (χ1) is 14.9. The van der Waals surface area contributed by atoms with Gasteiger partial charge in [0, 0.05) is 29.6 Å². The molecule has 160 valence electrons. The second-order valence-corrected chi connectivity index (χ2v) is 10.0. The number of benzene rings is 2. The first-order valence-electron chi connectivity index (χ1n) is 10.4. The molecule has 0 bridgehead atoms. The fourth-order valence-corrected chi connectivity index (χ4v) is 5.46. The Morgan fingerprint density at radius 1 is 1.06 bits per heavy atom. The van der Waals surface area contributed by atoms with Crippen LogP contribution in [0.25, 0.3) is 34.0 Å². The van der Waals surface area contributed by atoms with Crippen molar-refractivity contribution in [2.24, 2.45) is 5.92 Å². The Bertz CT molecular complexity index is 1330. The van der Waals surface area contributed by atoms with E-state index in [2.05, 4.69) is 17.1 Å². The van der Waals surface area contributed by atoms with E-state index in [0.29, 0.717) is 36.2 Å². The molecule has 3 heterocycles. The van der Waals surface area contributed by atoms with E-state index in [9.17, 15) is 8.42 Å². The third-order valence-electron chi connectivity index (χ3n) is 5.94. The lowest BCUT2D eigenvalue weighted by atomic mass is 10.0. The Morgan fingerprint density at radius 2 is 1.81 bits per heavy atom. The zero-order valence-corrected chi connectivity index (χ0v) is 18.2. The van der Waals surface area contributed by atoms with Gasteiger partial charge in [0.25, 0.3) is 5.89 Å². The van der Waals surface area contributed by atoms with Crippen molar-refractivity contribution in [1.82, 2.24) is 14.4 Å². The van der Waals surface area contributed by atoms with Crippen molar-refractivity contribution in [2.75, 3.05) is 13.1 Å². The van der Waals surface area contributed by atoms with Crippen molar-refractivity contribution < 1.29 is 17.4 Å². The lowest BCUT2D eigenvalue weighted by Gasteiger charge is -2.29. The zero-order chi connectivity index (χ0) is 21.6. The average Bonchev–Trinajstić information content (AvgIpc) is 3.39. The Balaban J connectivity index is 1.50. The van der Waals surface area contributed by atoms with Gasteiger partial charge in [0.1, 0.15) is 5.58 Å². The van der Waals surface area contributed by atoms with E-state index >= 15 is 0 Å². The van der Waals surface area contributed by atoms with Gasteiger partial charge >= 0.3 is 0 Å². The van der Waals surface area contributed by atoms with Crippen molar-refractivity contribution >= 4 is 21.0 Å². The van der Waals surface area contributed by atoms with Gasteiger partial charge in [-0.25, -0.2) is 8.42 Å². The topological polar surface area (TPSA) is 89.4 Å². The summed E-state index contributed by atoms with van der Waals surface area (Å²) in [6.45, 7) is 5.14. The summed E-state index contributed by atoms with van der Waals surface area (Å²) in [7, 11) is -3.54. The van der Waals surface area contributed by atoms with Gasteiger partial charge in [-0.1, -0.05) is 42.4 Å². The van der Waals surface area contributed by atoms with Gasteiger partial charge in [0.05, 0.1) is 4.90 Å². The first-order valence-corrected chi connectivity index (χ1v) is 11.8. The summed E-state index contributed by atoms with van der Waals surface area (Å²) in [4.78, 5) is 4.74. The first kappa shape index (κ1) is 20.0. The summed E-state index contributed by atoms with van der Waals surface area (Å²) in [5.74, 6) is 1.74. The summed E-state index contributed by atoms with van der Waals surface area (Å²) in [5.41, 5.74) is 2.19. The molecular weight excluding hydrogens is 414 g/mol. The Kier molecular flexibility index (Phi) is 4.91. The number of nitrogens with zero attached hydrogens (tertiary/aromatic N) is 3. The fourth-order valence-electron chi connectivity index (χ4n) is 3.96. The van der Waals surface area contributed by atoms with Crippen LogP contribution in [0.4, 0.5) is 0 Å². The minimum absolute atomic E-state index is 0.266. The molecule has 2 aromatic carbocycles. The van der Waals surface area contributed by atoms with E-state index in [1.807, 2.05) is 37.3 Å². The summed E-state index contributed by atoms with van der Waals surface area (Å²) in [5, 5.41) is 4.77. The average molecular weight is 438 g/mol. The molecule has 0 radical (unpaired) electrons. The number of aromatic nitrogens is 2. The van der Waals surface area contributed by atoms with E-state index in [-0.39, 0.29) is 10.8 Å². The molecule has 7 nitrogen and oxygen atoms in total. The van der Waals surface area contributed by atoms with Crippen LogP contribution in [0.3, 0.4) is 0 Å². The molecule has 2 aromatic heterocycles. The second-order valence-electron chi connectivity index (χ2n) is 8.09.